The SMILES string of the molecule is O=C(O)C1CC2CCCCC2N1C(=O)c1cnc(-c2ccccc2)s1. The summed E-state index contributed by atoms with van der Waals surface area (Å²) in [4.78, 5) is 31.3. The van der Waals surface area contributed by atoms with Gasteiger partial charge in [0.25, 0.3) is 5.91 Å². The summed E-state index contributed by atoms with van der Waals surface area (Å²) >= 11 is 1.34. The number of hydrogen-bond acceptors (Lipinski definition) is 4. The minimum absolute atomic E-state index is 0.0598. The van der Waals surface area contributed by atoms with Crippen molar-refractivity contribution in [2.75, 3.05) is 0 Å². The van der Waals surface area contributed by atoms with Gasteiger partial charge in [-0.15, -0.1) is 11.3 Å². The van der Waals surface area contributed by atoms with Crippen molar-refractivity contribution in [3.63, 3.8) is 0 Å². The molecule has 1 aliphatic heterocycles. The van der Waals surface area contributed by atoms with E-state index in [1.165, 1.54) is 11.3 Å². The van der Waals surface area contributed by atoms with Gasteiger partial charge in [0.05, 0.1) is 6.20 Å². The van der Waals surface area contributed by atoms with Crippen LogP contribution in [-0.4, -0.2) is 39.0 Å². The van der Waals surface area contributed by atoms with E-state index in [1.807, 2.05) is 30.3 Å². The van der Waals surface area contributed by atoms with Gasteiger partial charge in [0.1, 0.15) is 15.9 Å². The van der Waals surface area contributed by atoms with Gasteiger partial charge in [-0.3, -0.25) is 4.79 Å². The van der Waals surface area contributed by atoms with Crippen LogP contribution in [0.3, 0.4) is 0 Å². The average molecular weight is 356 g/mol. The Kier molecular flexibility index (Phi) is 4.29. The summed E-state index contributed by atoms with van der Waals surface area (Å²) in [6.07, 6.45) is 6.30. The second-order valence-corrected chi connectivity index (χ2v) is 7.84. The first-order valence-electron chi connectivity index (χ1n) is 8.72. The van der Waals surface area contributed by atoms with Crippen molar-refractivity contribution in [2.45, 2.75) is 44.2 Å². The highest BCUT2D eigenvalue weighted by Gasteiger charge is 2.48. The molecule has 0 radical (unpaired) electrons. The molecule has 6 heteroatoms. The molecule has 130 valence electrons. The molecular formula is C19H20N2O3S. The fraction of sp³-hybridized carbons (Fsp3) is 0.421. The first-order chi connectivity index (χ1) is 12.1. The van der Waals surface area contributed by atoms with Crippen molar-refractivity contribution in [1.82, 2.24) is 9.88 Å². The Bertz CT molecular complexity index is 789. The zero-order valence-corrected chi connectivity index (χ0v) is 14.6. The Morgan fingerprint density at radius 2 is 1.92 bits per heavy atom. The van der Waals surface area contributed by atoms with Crippen LogP contribution in [0.25, 0.3) is 10.6 Å². The lowest BCUT2D eigenvalue weighted by Gasteiger charge is -2.32. The summed E-state index contributed by atoms with van der Waals surface area (Å²) in [5.74, 6) is -0.752. The molecule has 1 aliphatic carbocycles. The van der Waals surface area contributed by atoms with E-state index < -0.39 is 12.0 Å². The second kappa shape index (κ2) is 6.59. The van der Waals surface area contributed by atoms with Crippen molar-refractivity contribution in [1.29, 1.82) is 0 Å². The molecule has 2 aliphatic rings. The van der Waals surface area contributed by atoms with Gasteiger partial charge in [-0.1, -0.05) is 43.2 Å². The zero-order chi connectivity index (χ0) is 17.4. The molecule has 5 nitrogen and oxygen atoms in total. The van der Waals surface area contributed by atoms with Gasteiger partial charge in [0.15, 0.2) is 0 Å². The Morgan fingerprint density at radius 3 is 2.68 bits per heavy atom. The predicted molar refractivity (Wildman–Crippen MR) is 95.5 cm³/mol. The Hall–Kier alpha value is -2.21. The summed E-state index contributed by atoms with van der Waals surface area (Å²) in [7, 11) is 0. The van der Waals surface area contributed by atoms with E-state index in [0.717, 1.165) is 36.3 Å². The van der Waals surface area contributed by atoms with Crippen LogP contribution in [0.2, 0.25) is 0 Å². The van der Waals surface area contributed by atoms with E-state index in [2.05, 4.69) is 4.98 Å². The van der Waals surface area contributed by atoms with Gasteiger partial charge < -0.3 is 10.0 Å². The van der Waals surface area contributed by atoms with Crippen molar-refractivity contribution in [2.24, 2.45) is 5.92 Å². The van der Waals surface area contributed by atoms with Gasteiger partial charge in [0.2, 0.25) is 0 Å². The highest BCUT2D eigenvalue weighted by Crippen LogP contribution is 2.41. The second-order valence-electron chi connectivity index (χ2n) is 6.81. The maximum Gasteiger partial charge on any atom is 0.326 e. The van der Waals surface area contributed by atoms with E-state index >= 15 is 0 Å². The van der Waals surface area contributed by atoms with E-state index in [4.69, 9.17) is 0 Å². The maximum atomic E-state index is 13.1. The van der Waals surface area contributed by atoms with Crippen molar-refractivity contribution < 1.29 is 14.7 Å². The molecule has 1 saturated carbocycles. The van der Waals surface area contributed by atoms with Gasteiger partial charge >= 0.3 is 5.97 Å². The highest BCUT2D eigenvalue weighted by molar-refractivity contribution is 7.16. The van der Waals surface area contributed by atoms with E-state index in [9.17, 15) is 14.7 Å². The third kappa shape index (κ3) is 2.95. The van der Waals surface area contributed by atoms with Crippen LogP contribution in [0.5, 0.6) is 0 Å². The van der Waals surface area contributed by atoms with Crippen LogP contribution in [0.15, 0.2) is 36.5 Å². The van der Waals surface area contributed by atoms with E-state index in [0.29, 0.717) is 17.2 Å². The van der Waals surface area contributed by atoms with Gasteiger partial charge in [-0.25, -0.2) is 9.78 Å². The topological polar surface area (TPSA) is 70.5 Å². The first-order valence-corrected chi connectivity index (χ1v) is 9.53. The number of benzene rings is 1. The summed E-state index contributed by atoms with van der Waals surface area (Å²) in [6.45, 7) is 0. The molecule has 2 fully saturated rings. The normalized spacial score (nSPS) is 25.6. The molecule has 2 aromatic rings. The van der Waals surface area contributed by atoms with Gasteiger partial charge in [0, 0.05) is 11.6 Å². The molecule has 1 saturated heterocycles. The number of likely N-dealkylation sites (tertiary alicyclic amines) is 1. The molecule has 1 aromatic heterocycles. The highest BCUT2D eigenvalue weighted by atomic mass is 32.1. The number of thiazole rings is 1. The molecule has 4 rings (SSSR count). The lowest BCUT2D eigenvalue weighted by atomic mass is 9.85. The number of fused-ring (bicyclic) bond motifs is 1. The van der Waals surface area contributed by atoms with Crippen LogP contribution in [-0.2, 0) is 4.79 Å². The molecule has 0 spiro atoms. The van der Waals surface area contributed by atoms with Crippen molar-refractivity contribution in [3.8, 4) is 10.6 Å². The van der Waals surface area contributed by atoms with Crippen LogP contribution in [0.4, 0.5) is 0 Å². The molecular weight excluding hydrogens is 336 g/mol. The van der Waals surface area contributed by atoms with Crippen molar-refractivity contribution >= 4 is 23.2 Å². The number of rotatable bonds is 3. The maximum absolute atomic E-state index is 13.1. The summed E-state index contributed by atoms with van der Waals surface area (Å²) in [5.41, 5.74) is 0.971. The molecule has 2 heterocycles. The molecule has 1 N–H and O–H groups in total. The molecule has 1 amide bonds. The smallest absolute Gasteiger partial charge is 0.326 e. The van der Waals surface area contributed by atoms with E-state index in [1.54, 1.807) is 11.1 Å². The number of aromatic nitrogens is 1. The number of carboxylic acids is 1. The lowest BCUT2D eigenvalue weighted by Crippen LogP contribution is -2.46. The number of carbonyl (C=O) groups is 2. The Morgan fingerprint density at radius 1 is 1.16 bits per heavy atom. The van der Waals surface area contributed by atoms with Crippen LogP contribution >= 0.6 is 11.3 Å². The molecule has 25 heavy (non-hydrogen) atoms. The molecule has 1 aromatic carbocycles. The fourth-order valence-electron chi connectivity index (χ4n) is 4.19. The van der Waals surface area contributed by atoms with Gasteiger partial charge in [-0.05, 0) is 25.2 Å². The quantitative estimate of drug-likeness (QED) is 0.911. The number of nitrogens with zero attached hydrogens (tertiary/aromatic N) is 2. The monoisotopic (exact) mass is 356 g/mol. The van der Waals surface area contributed by atoms with E-state index in [-0.39, 0.29) is 11.9 Å². The average Bonchev–Trinajstić information content (AvgIpc) is 3.27. The Balaban J connectivity index is 1.63. The minimum atomic E-state index is -0.893. The third-order valence-corrected chi connectivity index (χ3v) is 6.38. The summed E-state index contributed by atoms with van der Waals surface area (Å²) < 4.78 is 0. The standard InChI is InChI=1S/C19H20N2O3S/c22-18(16-11-20-17(25-16)12-6-2-1-3-7-12)21-14-9-5-4-8-13(14)10-15(21)19(23)24/h1-3,6-7,11,13-15H,4-5,8-10H2,(H,23,24). The van der Waals surface area contributed by atoms with Crippen LogP contribution in [0, 0.1) is 5.92 Å². The van der Waals surface area contributed by atoms with Crippen LogP contribution in [0.1, 0.15) is 41.8 Å². The number of aliphatic carboxylic acids is 1. The fourth-order valence-corrected chi connectivity index (χ4v) is 5.05. The first kappa shape index (κ1) is 16.3. The molecule has 3 atom stereocenters. The summed E-state index contributed by atoms with van der Waals surface area (Å²) in [6, 6.07) is 9.08. The molecule has 3 unspecified atom stereocenters. The van der Waals surface area contributed by atoms with Crippen molar-refractivity contribution in [3.05, 3.63) is 41.4 Å². The lowest BCUT2D eigenvalue weighted by molar-refractivity contribution is -0.141. The third-order valence-electron chi connectivity index (χ3n) is 5.34. The zero-order valence-electron chi connectivity index (χ0n) is 13.8. The number of carboxylic acid groups (broad SMARTS) is 1. The van der Waals surface area contributed by atoms with Crippen LogP contribution < -0.4 is 0 Å². The Labute approximate surface area is 150 Å². The van der Waals surface area contributed by atoms with Gasteiger partial charge in [-0.2, -0.15) is 0 Å². The number of carbonyl (C=O) groups excluding carboxylic acids is 1. The largest absolute Gasteiger partial charge is 0.480 e. The predicted octanol–water partition coefficient (Wildman–Crippen LogP) is 3.67. The molecule has 0 bridgehead atoms. The summed E-state index contributed by atoms with van der Waals surface area (Å²) in [5, 5.41) is 10.4. The minimum Gasteiger partial charge on any atom is -0.480 e. The number of amides is 1. The number of hydrogen-bond donors (Lipinski definition) is 1.